The van der Waals surface area contributed by atoms with Gasteiger partial charge in [-0.3, -0.25) is 4.79 Å². The van der Waals surface area contributed by atoms with Crippen LogP contribution in [0.25, 0.3) is 0 Å². The van der Waals surface area contributed by atoms with Gasteiger partial charge in [-0.1, -0.05) is 12.1 Å². The Morgan fingerprint density at radius 2 is 1.90 bits per heavy atom. The van der Waals surface area contributed by atoms with Gasteiger partial charge in [0, 0.05) is 6.54 Å². The molecule has 2 aromatic rings. The van der Waals surface area contributed by atoms with E-state index < -0.39 is 17.5 Å². The summed E-state index contributed by atoms with van der Waals surface area (Å²) in [7, 11) is 0. The Labute approximate surface area is 115 Å². The molecule has 0 aliphatic rings. The van der Waals surface area contributed by atoms with Gasteiger partial charge in [-0.25, -0.2) is 8.78 Å². The third-order valence-electron chi connectivity index (χ3n) is 2.89. The van der Waals surface area contributed by atoms with Crippen molar-refractivity contribution in [2.24, 2.45) is 5.73 Å². The molecule has 0 bridgehead atoms. The molecule has 3 N–H and O–H groups in total. The molecule has 2 rings (SSSR count). The number of rotatable bonds is 3. The van der Waals surface area contributed by atoms with Crippen molar-refractivity contribution in [1.29, 1.82) is 0 Å². The van der Waals surface area contributed by atoms with Crippen LogP contribution in [-0.4, -0.2) is 5.91 Å². The normalized spacial score (nSPS) is 10.4. The predicted molar refractivity (Wildman–Crippen MR) is 73.4 cm³/mol. The van der Waals surface area contributed by atoms with Crippen LogP contribution >= 0.6 is 0 Å². The topological polar surface area (TPSA) is 55.1 Å². The Bertz CT molecular complexity index is 656. The first kappa shape index (κ1) is 14.1. The molecule has 0 aliphatic heterocycles. The van der Waals surface area contributed by atoms with Crippen molar-refractivity contribution >= 4 is 11.6 Å². The van der Waals surface area contributed by atoms with Gasteiger partial charge < -0.3 is 11.1 Å². The molecule has 0 heterocycles. The van der Waals surface area contributed by atoms with Gasteiger partial charge in [-0.05, 0) is 42.3 Å². The van der Waals surface area contributed by atoms with Crippen molar-refractivity contribution in [1.82, 2.24) is 0 Å². The summed E-state index contributed by atoms with van der Waals surface area (Å²) < 4.78 is 27.4. The number of amides is 1. The second-order valence-corrected chi connectivity index (χ2v) is 4.46. The average molecular weight is 276 g/mol. The fourth-order valence-corrected chi connectivity index (χ4v) is 1.78. The molecule has 0 saturated heterocycles. The van der Waals surface area contributed by atoms with E-state index in [-0.39, 0.29) is 17.8 Å². The molecular formula is C15H14F2N2O. The number of hydrogen-bond acceptors (Lipinski definition) is 2. The molecule has 0 saturated carbocycles. The zero-order chi connectivity index (χ0) is 14.7. The largest absolute Gasteiger partial charge is 0.326 e. The Hall–Kier alpha value is -2.27. The number of anilines is 1. The lowest BCUT2D eigenvalue weighted by Crippen LogP contribution is -2.15. The van der Waals surface area contributed by atoms with E-state index in [9.17, 15) is 13.6 Å². The predicted octanol–water partition coefficient (Wildman–Crippen LogP) is 2.98. The molecule has 20 heavy (non-hydrogen) atoms. The van der Waals surface area contributed by atoms with Crippen molar-refractivity contribution in [2.75, 3.05) is 5.32 Å². The van der Waals surface area contributed by atoms with Gasteiger partial charge in [0.1, 0.15) is 11.6 Å². The van der Waals surface area contributed by atoms with Crippen LogP contribution in [0, 0.1) is 18.6 Å². The lowest BCUT2D eigenvalue weighted by molar-refractivity contribution is 0.102. The van der Waals surface area contributed by atoms with Crippen LogP contribution in [0.3, 0.4) is 0 Å². The van der Waals surface area contributed by atoms with Crippen LogP contribution in [-0.2, 0) is 6.54 Å². The highest BCUT2D eigenvalue weighted by Gasteiger charge is 2.13. The van der Waals surface area contributed by atoms with Gasteiger partial charge in [0.15, 0.2) is 0 Å². The Kier molecular flexibility index (Phi) is 4.10. The number of benzene rings is 2. The molecule has 0 aliphatic carbocycles. The van der Waals surface area contributed by atoms with E-state index in [1.807, 2.05) is 0 Å². The molecule has 0 atom stereocenters. The van der Waals surface area contributed by atoms with Gasteiger partial charge in [0.25, 0.3) is 5.91 Å². The maximum atomic E-state index is 13.7. The summed E-state index contributed by atoms with van der Waals surface area (Å²) in [6.07, 6.45) is 0. The number of aryl methyl sites for hydroxylation is 1. The Morgan fingerprint density at radius 1 is 1.15 bits per heavy atom. The van der Waals surface area contributed by atoms with Gasteiger partial charge in [-0.2, -0.15) is 0 Å². The lowest BCUT2D eigenvalue weighted by Gasteiger charge is -2.08. The third kappa shape index (κ3) is 3.00. The molecule has 2 aromatic carbocycles. The maximum Gasteiger partial charge on any atom is 0.258 e. The van der Waals surface area contributed by atoms with Crippen LogP contribution in [0.15, 0.2) is 36.4 Å². The fourth-order valence-electron chi connectivity index (χ4n) is 1.78. The zero-order valence-electron chi connectivity index (χ0n) is 10.9. The highest BCUT2D eigenvalue weighted by atomic mass is 19.1. The number of carbonyl (C=O) groups excluding carboxylic acids is 1. The van der Waals surface area contributed by atoms with Crippen molar-refractivity contribution in [3.05, 3.63) is 64.7 Å². The van der Waals surface area contributed by atoms with Gasteiger partial charge in [-0.15, -0.1) is 0 Å². The van der Waals surface area contributed by atoms with E-state index >= 15 is 0 Å². The lowest BCUT2D eigenvalue weighted by atomic mass is 10.1. The number of halogens is 2. The van der Waals surface area contributed by atoms with Crippen LogP contribution < -0.4 is 11.1 Å². The van der Waals surface area contributed by atoms with E-state index in [2.05, 4.69) is 5.32 Å². The molecule has 0 radical (unpaired) electrons. The van der Waals surface area contributed by atoms with Crippen molar-refractivity contribution in [2.45, 2.75) is 13.5 Å². The zero-order valence-corrected chi connectivity index (χ0v) is 10.9. The number of nitrogens with one attached hydrogen (secondary N) is 1. The van der Waals surface area contributed by atoms with E-state index in [0.29, 0.717) is 11.1 Å². The van der Waals surface area contributed by atoms with E-state index in [0.717, 1.165) is 0 Å². The molecule has 0 spiro atoms. The van der Waals surface area contributed by atoms with E-state index in [4.69, 9.17) is 5.73 Å². The van der Waals surface area contributed by atoms with Crippen molar-refractivity contribution in [3.8, 4) is 0 Å². The summed E-state index contributed by atoms with van der Waals surface area (Å²) in [5.74, 6) is -1.93. The Balaban J connectivity index is 2.23. The van der Waals surface area contributed by atoms with E-state index in [1.54, 1.807) is 19.1 Å². The molecular weight excluding hydrogens is 262 g/mol. The van der Waals surface area contributed by atoms with Gasteiger partial charge in [0.05, 0.1) is 11.3 Å². The van der Waals surface area contributed by atoms with Crippen LogP contribution in [0.4, 0.5) is 14.5 Å². The highest BCUT2D eigenvalue weighted by Crippen LogP contribution is 2.18. The Morgan fingerprint density at radius 3 is 2.50 bits per heavy atom. The summed E-state index contributed by atoms with van der Waals surface area (Å²) in [6, 6.07) is 8.48. The van der Waals surface area contributed by atoms with Crippen molar-refractivity contribution < 1.29 is 13.6 Å². The first-order chi connectivity index (χ1) is 9.51. The summed E-state index contributed by atoms with van der Waals surface area (Å²) in [5.41, 5.74) is 6.58. The fraction of sp³-hybridized carbons (Fsp3) is 0.133. The van der Waals surface area contributed by atoms with Crippen LogP contribution in [0.1, 0.15) is 21.5 Å². The minimum atomic E-state index is -0.693. The SMILES string of the molecule is Cc1ccc(C(=O)Nc2ccc(CN)cc2F)c(F)c1. The highest BCUT2D eigenvalue weighted by molar-refractivity contribution is 6.04. The third-order valence-corrected chi connectivity index (χ3v) is 2.89. The monoisotopic (exact) mass is 276 g/mol. The van der Waals surface area contributed by atoms with E-state index in [1.165, 1.54) is 24.3 Å². The minimum Gasteiger partial charge on any atom is -0.326 e. The first-order valence-corrected chi connectivity index (χ1v) is 6.07. The number of nitrogens with two attached hydrogens (primary N) is 1. The summed E-state index contributed by atoms with van der Waals surface area (Å²) in [5, 5.41) is 2.34. The number of carbonyl (C=O) groups is 1. The molecule has 0 fully saturated rings. The molecule has 104 valence electrons. The molecule has 1 amide bonds. The second kappa shape index (κ2) is 5.79. The summed E-state index contributed by atoms with van der Waals surface area (Å²) >= 11 is 0. The second-order valence-electron chi connectivity index (χ2n) is 4.46. The maximum absolute atomic E-state index is 13.7. The molecule has 5 heteroatoms. The van der Waals surface area contributed by atoms with Crippen LogP contribution in [0.2, 0.25) is 0 Å². The minimum absolute atomic E-state index is 0.00725. The van der Waals surface area contributed by atoms with Gasteiger partial charge in [0.2, 0.25) is 0 Å². The summed E-state index contributed by atoms with van der Waals surface area (Å²) in [4.78, 5) is 11.9. The molecule has 0 unspecified atom stereocenters. The quantitative estimate of drug-likeness (QED) is 0.905. The smallest absolute Gasteiger partial charge is 0.258 e. The average Bonchev–Trinajstić information content (AvgIpc) is 2.40. The molecule has 3 nitrogen and oxygen atoms in total. The van der Waals surface area contributed by atoms with Crippen molar-refractivity contribution in [3.63, 3.8) is 0 Å². The van der Waals surface area contributed by atoms with Gasteiger partial charge >= 0.3 is 0 Å². The first-order valence-electron chi connectivity index (χ1n) is 6.07. The molecule has 0 aromatic heterocycles. The standard InChI is InChI=1S/C15H14F2N2O/c1-9-2-4-11(12(16)6-9)15(20)19-14-5-3-10(8-18)7-13(14)17/h2-7H,8,18H2,1H3,(H,19,20). The van der Waals surface area contributed by atoms with Crippen LogP contribution in [0.5, 0.6) is 0 Å². The summed E-state index contributed by atoms with van der Waals surface area (Å²) in [6.45, 7) is 1.92. The number of hydrogen-bond donors (Lipinski definition) is 2.